The van der Waals surface area contributed by atoms with Gasteiger partial charge >= 0.3 is 5.97 Å². The van der Waals surface area contributed by atoms with Crippen LogP contribution in [0.5, 0.6) is 0 Å². The fourth-order valence-electron chi connectivity index (χ4n) is 1.49. The summed E-state index contributed by atoms with van der Waals surface area (Å²) in [5.41, 5.74) is 0.738. The van der Waals surface area contributed by atoms with Gasteiger partial charge in [-0.25, -0.2) is 4.79 Å². The van der Waals surface area contributed by atoms with Gasteiger partial charge in [-0.3, -0.25) is 0 Å². The average Bonchev–Trinajstić information content (AvgIpc) is 2.37. The number of anilines is 1. The molecule has 5 nitrogen and oxygen atoms in total. The highest BCUT2D eigenvalue weighted by Crippen LogP contribution is 2.21. The second kappa shape index (κ2) is 8.74. The van der Waals surface area contributed by atoms with E-state index in [9.17, 15) is 4.79 Å². The molecule has 0 aromatic heterocycles. The van der Waals surface area contributed by atoms with Crippen molar-refractivity contribution in [2.75, 3.05) is 38.8 Å². The monoisotopic (exact) mass is 287 g/mol. The molecule has 1 rings (SSSR count). The molecule has 0 atom stereocenters. The molecular weight excluding hydrogens is 270 g/mol. The first-order chi connectivity index (χ1) is 9.15. The number of nitrogens with one attached hydrogen (secondary N) is 1. The molecule has 0 unspecified atom stereocenters. The fourth-order valence-corrected chi connectivity index (χ4v) is 1.66. The number of hydrogen-bond acceptors (Lipinski definition) is 4. The van der Waals surface area contributed by atoms with Crippen LogP contribution in [0.1, 0.15) is 16.8 Å². The third-order valence-electron chi connectivity index (χ3n) is 2.42. The van der Waals surface area contributed by atoms with Gasteiger partial charge in [0, 0.05) is 25.3 Å². The molecule has 1 aromatic rings. The van der Waals surface area contributed by atoms with Crippen LogP contribution in [0.25, 0.3) is 0 Å². The third kappa shape index (κ3) is 5.92. The maximum atomic E-state index is 11.0. The molecule has 0 saturated carbocycles. The summed E-state index contributed by atoms with van der Waals surface area (Å²) in [6, 6.07) is 4.66. The topological polar surface area (TPSA) is 67.8 Å². The molecule has 0 aliphatic carbocycles. The van der Waals surface area contributed by atoms with Gasteiger partial charge in [-0.1, -0.05) is 11.6 Å². The number of carboxylic acids is 1. The number of halogens is 1. The molecule has 0 spiro atoms. The van der Waals surface area contributed by atoms with Crippen LogP contribution in [0.15, 0.2) is 18.2 Å². The number of methoxy groups -OCH3 is 1. The largest absolute Gasteiger partial charge is 0.478 e. The van der Waals surface area contributed by atoms with Crippen LogP contribution >= 0.6 is 11.6 Å². The van der Waals surface area contributed by atoms with Crippen LogP contribution < -0.4 is 5.32 Å². The van der Waals surface area contributed by atoms with E-state index in [2.05, 4.69) is 5.32 Å². The summed E-state index contributed by atoms with van der Waals surface area (Å²) in [7, 11) is 1.62. The van der Waals surface area contributed by atoms with Gasteiger partial charge in [0.05, 0.1) is 24.5 Å². The zero-order chi connectivity index (χ0) is 14.1. The Bertz CT molecular complexity index is 412. The van der Waals surface area contributed by atoms with Gasteiger partial charge in [-0.2, -0.15) is 0 Å². The number of carboxylic acid groups (broad SMARTS) is 1. The number of rotatable bonds is 9. The SMILES string of the molecule is COCCOCCCNc1cc(Cl)ccc1C(=O)O. The molecule has 0 aliphatic rings. The molecule has 6 heteroatoms. The summed E-state index contributed by atoms with van der Waals surface area (Å²) in [4.78, 5) is 11.0. The normalized spacial score (nSPS) is 10.4. The maximum Gasteiger partial charge on any atom is 0.337 e. The number of aromatic carboxylic acids is 1. The van der Waals surface area contributed by atoms with Crippen LogP contribution in [0.2, 0.25) is 5.02 Å². The van der Waals surface area contributed by atoms with E-state index in [1.807, 2.05) is 0 Å². The van der Waals surface area contributed by atoms with Gasteiger partial charge in [-0.05, 0) is 24.6 Å². The van der Waals surface area contributed by atoms with Crippen molar-refractivity contribution >= 4 is 23.3 Å². The Morgan fingerprint density at radius 1 is 1.37 bits per heavy atom. The minimum absolute atomic E-state index is 0.213. The Morgan fingerprint density at radius 3 is 2.84 bits per heavy atom. The third-order valence-corrected chi connectivity index (χ3v) is 2.66. The van der Waals surface area contributed by atoms with E-state index in [1.165, 1.54) is 6.07 Å². The van der Waals surface area contributed by atoms with Crippen molar-refractivity contribution in [2.45, 2.75) is 6.42 Å². The van der Waals surface area contributed by atoms with Crippen LogP contribution in [-0.2, 0) is 9.47 Å². The van der Waals surface area contributed by atoms with Gasteiger partial charge in [0.25, 0.3) is 0 Å². The Labute approximate surface area is 117 Å². The molecule has 0 bridgehead atoms. The first-order valence-corrected chi connectivity index (χ1v) is 6.36. The molecule has 0 fully saturated rings. The number of hydrogen-bond donors (Lipinski definition) is 2. The standard InChI is InChI=1S/C13H18ClNO4/c1-18-7-8-19-6-2-5-15-12-9-10(14)3-4-11(12)13(16)17/h3-4,9,15H,2,5-8H2,1H3,(H,16,17). The molecule has 0 amide bonds. The molecule has 19 heavy (non-hydrogen) atoms. The van der Waals surface area contributed by atoms with Gasteiger partial charge in [0.2, 0.25) is 0 Å². The fraction of sp³-hybridized carbons (Fsp3) is 0.462. The zero-order valence-electron chi connectivity index (χ0n) is 10.8. The highest BCUT2D eigenvalue weighted by molar-refractivity contribution is 6.31. The molecule has 0 aliphatic heterocycles. The highest BCUT2D eigenvalue weighted by atomic mass is 35.5. The summed E-state index contributed by atoms with van der Waals surface area (Å²) in [5.74, 6) is -0.976. The minimum atomic E-state index is -0.976. The zero-order valence-corrected chi connectivity index (χ0v) is 11.6. The Balaban J connectivity index is 2.36. The second-order valence-electron chi connectivity index (χ2n) is 3.88. The van der Waals surface area contributed by atoms with Gasteiger partial charge in [-0.15, -0.1) is 0 Å². The second-order valence-corrected chi connectivity index (χ2v) is 4.32. The van der Waals surface area contributed by atoms with E-state index in [1.54, 1.807) is 19.2 Å². The lowest BCUT2D eigenvalue weighted by Gasteiger charge is -2.10. The van der Waals surface area contributed by atoms with Crippen molar-refractivity contribution < 1.29 is 19.4 Å². The predicted molar refractivity (Wildman–Crippen MR) is 74.2 cm³/mol. The lowest BCUT2D eigenvalue weighted by Crippen LogP contribution is -2.10. The van der Waals surface area contributed by atoms with Gasteiger partial charge < -0.3 is 19.9 Å². The quantitative estimate of drug-likeness (QED) is 0.683. The van der Waals surface area contributed by atoms with Crippen LogP contribution in [0, 0.1) is 0 Å². The first-order valence-electron chi connectivity index (χ1n) is 5.98. The van der Waals surface area contributed by atoms with Crippen molar-refractivity contribution in [3.8, 4) is 0 Å². The van der Waals surface area contributed by atoms with Crippen LogP contribution in [-0.4, -0.2) is 44.6 Å². The summed E-state index contributed by atoms with van der Waals surface area (Å²) < 4.78 is 10.2. The van der Waals surface area contributed by atoms with E-state index in [0.29, 0.717) is 37.1 Å². The van der Waals surface area contributed by atoms with Crippen molar-refractivity contribution in [1.82, 2.24) is 0 Å². The van der Waals surface area contributed by atoms with E-state index < -0.39 is 5.97 Å². The highest BCUT2D eigenvalue weighted by Gasteiger charge is 2.09. The Kier molecular flexibility index (Phi) is 7.25. The van der Waals surface area contributed by atoms with Gasteiger partial charge in [0.1, 0.15) is 0 Å². The van der Waals surface area contributed by atoms with E-state index in [0.717, 1.165) is 6.42 Å². The summed E-state index contributed by atoms with van der Waals surface area (Å²) in [5, 5.41) is 12.6. The Morgan fingerprint density at radius 2 is 2.16 bits per heavy atom. The smallest absolute Gasteiger partial charge is 0.337 e. The molecule has 0 saturated heterocycles. The number of benzene rings is 1. The minimum Gasteiger partial charge on any atom is -0.478 e. The molecule has 0 heterocycles. The van der Waals surface area contributed by atoms with Crippen molar-refractivity contribution in [2.24, 2.45) is 0 Å². The van der Waals surface area contributed by atoms with Gasteiger partial charge in [0.15, 0.2) is 0 Å². The average molecular weight is 288 g/mol. The van der Waals surface area contributed by atoms with Crippen molar-refractivity contribution in [1.29, 1.82) is 0 Å². The van der Waals surface area contributed by atoms with E-state index >= 15 is 0 Å². The van der Waals surface area contributed by atoms with E-state index in [4.69, 9.17) is 26.2 Å². The molecule has 2 N–H and O–H groups in total. The molecule has 1 aromatic carbocycles. The number of ether oxygens (including phenoxy) is 2. The molecule has 0 radical (unpaired) electrons. The molecular formula is C13H18ClNO4. The van der Waals surface area contributed by atoms with Crippen LogP contribution in [0.3, 0.4) is 0 Å². The summed E-state index contributed by atoms with van der Waals surface area (Å²) >= 11 is 5.85. The van der Waals surface area contributed by atoms with Crippen molar-refractivity contribution in [3.63, 3.8) is 0 Å². The van der Waals surface area contributed by atoms with Crippen LogP contribution in [0.4, 0.5) is 5.69 Å². The lowest BCUT2D eigenvalue weighted by molar-refractivity contribution is 0.0697. The summed E-state index contributed by atoms with van der Waals surface area (Å²) in [6.07, 6.45) is 0.773. The van der Waals surface area contributed by atoms with Crippen molar-refractivity contribution in [3.05, 3.63) is 28.8 Å². The lowest BCUT2D eigenvalue weighted by atomic mass is 10.2. The van der Waals surface area contributed by atoms with E-state index in [-0.39, 0.29) is 5.56 Å². The summed E-state index contributed by atoms with van der Waals surface area (Å²) in [6.45, 7) is 2.35. The molecule has 106 valence electrons. The Hall–Kier alpha value is -1.30. The number of carbonyl (C=O) groups is 1. The maximum absolute atomic E-state index is 11.0. The first kappa shape index (κ1) is 15.8. The predicted octanol–water partition coefficient (Wildman–Crippen LogP) is 2.50.